The molecule has 0 unspecified atom stereocenters. The lowest BCUT2D eigenvalue weighted by Gasteiger charge is -2.29. The fourth-order valence-electron chi connectivity index (χ4n) is 4.27. The van der Waals surface area contributed by atoms with Gasteiger partial charge in [-0.05, 0) is 60.0 Å². The van der Waals surface area contributed by atoms with E-state index in [0.29, 0.717) is 11.3 Å². The maximum atomic E-state index is 13.3. The number of aromatic nitrogens is 1. The van der Waals surface area contributed by atoms with E-state index in [1.54, 1.807) is 12.1 Å². The standard InChI is InChI=1S/C28H28F3N5O2/c1-16(2)22-14-23(26(38)15-25(22)37)17(3)36(21-8-9-24-18(12-21)10-11-35(24)4)27(34-32)33-20-7-5-6-19(13-20)28(29,30)31/h5-16,37-38H,3,32H2,1-2,4H3,(H,33,34). The molecule has 4 aromatic rings. The molecule has 4 rings (SSSR count). The molecule has 1 aromatic heterocycles. The summed E-state index contributed by atoms with van der Waals surface area (Å²) in [7, 11) is 1.91. The largest absolute Gasteiger partial charge is 0.508 e. The zero-order valence-electron chi connectivity index (χ0n) is 21.1. The van der Waals surface area contributed by atoms with Crippen LogP contribution >= 0.6 is 0 Å². The number of nitrogens with zero attached hydrogens (tertiary/aromatic N) is 3. The van der Waals surface area contributed by atoms with E-state index in [-0.39, 0.29) is 40.3 Å². The fraction of sp³-hybridized carbons (Fsp3) is 0.179. The second kappa shape index (κ2) is 10.0. The Morgan fingerprint density at radius 1 is 1.05 bits per heavy atom. The number of hydrogen-bond acceptors (Lipinski definition) is 4. The molecule has 0 saturated carbocycles. The molecule has 0 bridgehead atoms. The lowest BCUT2D eigenvalue weighted by Crippen LogP contribution is -2.36. The van der Waals surface area contributed by atoms with E-state index in [1.165, 1.54) is 23.1 Å². The number of alkyl halides is 3. The molecule has 0 aliphatic carbocycles. The number of aryl methyl sites for hydroxylation is 1. The summed E-state index contributed by atoms with van der Waals surface area (Å²) in [5.74, 6) is 5.36. The van der Waals surface area contributed by atoms with Crippen molar-refractivity contribution >= 4 is 33.9 Å². The molecule has 5 N–H and O–H groups in total. The van der Waals surface area contributed by atoms with Gasteiger partial charge in [-0.2, -0.15) is 13.2 Å². The van der Waals surface area contributed by atoms with Crippen molar-refractivity contribution in [1.82, 2.24) is 4.57 Å². The Kier molecular flexibility index (Phi) is 6.99. The molecule has 38 heavy (non-hydrogen) atoms. The van der Waals surface area contributed by atoms with Gasteiger partial charge in [-0.25, -0.2) is 0 Å². The van der Waals surface area contributed by atoms with E-state index >= 15 is 0 Å². The minimum atomic E-state index is -4.54. The Hall–Kier alpha value is -4.60. The number of nitrogens with one attached hydrogen (secondary N) is 1. The molecule has 7 nitrogen and oxygen atoms in total. The number of benzene rings is 3. The van der Waals surface area contributed by atoms with Crippen molar-refractivity contribution in [3.8, 4) is 11.5 Å². The SMILES string of the molecule is C=C(c1cc(C(C)C)c(O)cc1O)N(/C(=N\N)Nc1cccc(C(F)(F)F)c1)c1ccc2c(ccn2C)c1. The average Bonchev–Trinajstić information content (AvgIpc) is 3.23. The van der Waals surface area contributed by atoms with Gasteiger partial charge in [0.05, 0.1) is 11.3 Å². The number of aromatic hydroxyl groups is 2. The number of guanidine groups is 1. The zero-order chi connectivity index (χ0) is 27.8. The summed E-state index contributed by atoms with van der Waals surface area (Å²) in [6.07, 6.45) is -2.64. The van der Waals surface area contributed by atoms with E-state index in [0.717, 1.165) is 23.0 Å². The van der Waals surface area contributed by atoms with E-state index in [1.807, 2.05) is 49.9 Å². The van der Waals surface area contributed by atoms with Gasteiger partial charge in [-0.3, -0.25) is 4.90 Å². The number of anilines is 2. The van der Waals surface area contributed by atoms with Gasteiger partial charge < -0.3 is 25.9 Å². The van der Waals surface area contributed by atoms with Crippen LogP contribution in [-0.2, 0) is 13.2 Å². The second-order valence-corrected chi connectivity index (χ2v) is 9.19. The van der Waals surface area contributed by atoms with Gasteiger partial charge in [0.2, 0.25) is 5.96 Å². The van der Waals surface area contributed by atoms with Crippen molar-refractivity contribution in [2.75, 3.05) is 10.2 Å². The van der Waals surface area contributed by atoms with Crippen LogP contribution in [0.1, 0.15) is 36.5 Å². The molecule has 1 heterocycles. The number of fused-ring (bicyclic) bond motifs is 1. The molecule has 3 aromatic carbocycles. The first-order valence-electron chi connectivity index (χ1n) is 11.7. The van der Waals surface area contributed by atoms with Crippen LogP contribution in [0.15, 0.2) is 78.5 Å². The van der Waals surface area contributed by atoms with Crippen LogP contribution in [0, 0.1) is 0 Å². The highest BCUT2D eigenvalue weighted by Gasteiger charge is 2.31. The predicted molar refractivity (Wildman–Crippen MR) is 145 cm³/mol. The Morgan fingerprint density at radius 2 is 1.79 bits per heavy atom. The van der Waals surface area contributed by atoms with Gasteiger partial charge >= 0.3 is 6.18 Å². The number of phenols is 2. The number of halogens is 3. The zero-order valence-corrected chi connectivity index (χ0v) is 21.1. The second-order valence-electron chi connectivity index (χ2n) is 9.19. The predicted octanol–water partition coefficient (Wildman–Crippen LogP) is 6.55. The van der Waals surface area contributed by atoms with E-state index in [9.17, 15) is 23.4 Å². The number of nitrogens with two attached hydrogens (primary N) is 1. The van der Waals surface area contributed by atoms with Crippen LogP contribution in [0.25, 0.3) is 16.6 Å². The summed E-state index contributed by atoms with van der Waals surface area (Å²) < 4.78 is 41.9. The average molecular weight is 524 g/mol. The highest BCUT2D eigenvalue weighted by atomic mass is 19.4. The lowest BCUT2D eigenvalue weighted by molar-refractivity contribution is -0.137. The van der Waals surface area contributed by atoms with Crippen LogP contribution < -0.4 is 16.1 Å². The Balaban J connectivity index is 1.85. The molecule has 0 amide bonds. The quantitative estimate of drug-likeness (QED) is 0.103. The van der Waals surface area contributed by atoms with Gasteiger partial charge in [0.15, 0.2) is 0 Å². The third-order valence-electron chi connectivity index (χ3n) is 6.25. The highest BCUT2D eigenvalue weighted by Crippen LogP contribution is 2.38. The molecule has 198 valence electrons. The van der Waals surface area contributed by atoms with Crippen molar-refractivity contribution in [1.29, 1.82) is 0 Å². The summed E-state index contributed by atoms with van der Waals surface area (Å²) in [6, 6.07) is 14.9. The Bertz CT molecular complexity index is 1540. The molecule has 0 aliphatic rings. The van der Waals surface area contributed by atoms with Crippen molar-refractivity contribution in [3.63, 3.8) is 0 Å². The maximum Gasteiger partial charge on any atom is 0.416 e. The van der Waals surface area contributed by atoms with Crippen LogP contribution in [0.2, 0.25) is 0 Å². The number of hydrogen-bond donors (Lipinski definition) is 4. The molecule has 0 spiro atoms. The van der Waals surface area contributed by atoms with Gasteiger partial charge in [-0.1, -0.05) is 26.5 Å². The van der Waals surface area contributed by atoms with E-state index in [4.69, 9.17) is 5.84 Å². The third kappa shape index (κ3) is 5.10. The topological polar surface area (TPSA) is 99.0 Å². The maximum absolute atomic E-state index is 13.3. The van der Waals surface area contributed by atoms with Crippen molar-refractivity contribution in [2.24, 2.45) is 18.0 Å². The summed E-state index contributed by atoms with van der Waals surface area (Å²) in [4.78, 5) is 1.50. The van der Waals surface area contributed by atoms with Crippen LogP contribution in [0.4, 0.5) is 24.5 Å². The summed E-state index contributed by atoms with van der Waals surface area (Å²) in [5.41, 5.74) is 1.83. The number of hydrazone groups is 1. The van der Waals surface area contributed by atoms with Gasteiger partial charge in [0, 0.05) is 47.2 Å². The third-order valence-corrected chi connectivity index (χ3v) is 6.25. The summed E-state index contributed by atoms with van der Waals surface area (Å²) in [5, 5.41) is 28.7. The van der Waals surface area contributed by atoms with Crippen LogP contribution in [0.3, 0.4) is 0 Å². The van der Waals surface area contributed by atoms with Crippen molar-refractivity contribution in [3.05, 3.63) is 90.1 Å². The minimum absolute atomic E-state index is 0.0387. The molecule has 10 heteroatoms. The van der Waals surface area contributed by atoms with Gasteiger partial charge in [0.1, 0.15) is 11.5 Å². The molecule has 0 saturated heterocycles. The molecule has 0 radical (unpaired) electrons. The lowest BCUT2D eigenvalue weighted by atomic mass is 9.97. The van der Waals surface area contributed by atoms with Crippen molar-refractivity contribution < 1.29 is 23.4 Å². The summed E-state index contributed by atoms with van der Waals surface area (Å²) in [6.45, 7) is 7.95. The van der Waals surface area contributed by atoms with Gasteiger partial charge in [-0.15, -0.1) is 5.10 Å². The minimum Gasteiger partial charge on any atom is -0.508 e. The normalized spacial score (nSPS) is 12.2. The van der Waals surface area contributed by atoms with Gasteiger partial charge in [0.25, 0.3) is 0 Å². The first-order valence-corrected chi connectivity index (χ1v) is 11.7. The highest BCUT2D eigenvalue weighted by molar-refractivity contribution is 6.14. The Morgan fingerprint density at radius 3 is 2.45 bits per heavy atom. The Labute approximate surface area is 217 Å². The smallest absolute Gasteiger partial charge is 0.416 e. The monoisotopic (exact) mass is 523 g/mol. The van der Waals surface area contributed by atoms with Crippen LogP contribution in [0.5, 0.6) is 11.5 Å². The van der Waals surface area contributed by atoms with E-state index < -0.39 is 11.7 Å². The first-order chi connectivity index (χ1) is 17.9. The molecule has 0 aliphatic heterocycles. The number of phenolic OH excluding ortho intramolecular Hbond substituents is 2. The molecular formula is C28H28F3N5O2. The molecular weight excluding hydrogens is 495 g/mol. The molecule has 0 fully saturated rings. The van der Waals surface area contributed by atoms with Crippen molar-refractivity contribution in [2.45, 2.75) is 25.9 Å². The summed E-state index contributed by atoms with van der Waals surface area (Å²) >= 11 is 0. The van der Waals surface area contributed by atoms with Crippen LogP contribution in [-0.4, -0.2) is 20.7 Å². The van der Waals surface area contributed by atoms with E-state index in [2.05, 4.69) is 17.0 Å². The fourth-order valence-corrected chi connectivity index (χ4v) is 4.27. The molecule has 0 atom stereocenters. The number of rotatable bonds is 5. The first kappa shape index (κ1) is 26.5.